The molecule has 0 heterocycles. The molecule has 0 amide bonds. The van der Waals surface area contributed by atoms with Crippen LogP contribution in [-0.4, -0.2) is 31.6 Å². The van der Waals surface area contributed by atoms with Crippen molar-refractivity contribution in [1.82, 2.24) is 10.2 Å². The summed E-state index contributed by atoms with van der Waals surface area (Å²) >= 11 is 12.0. The Morgan fingerprint density at radius 3 is 2.62 bits per heavy atom. The van der Waals surface area contributed by atoms with Crippen LogP contribution < -0.4 is 5.32 Å². The lowest BCUT2D eigenvalue weighted by Crippen LogP contribution is -2.35. The number of hydrogen-bond acceptors (Lipinski definition) is 2. The van der Waals surface area contributed by atoms with E-state index in [0.717, 1.165) is 18.7 Å². The first-order valence-corrected chi connectivity index (χ1v) is 6.08. The van der Waals surface area contributed by atoms with Gasteiger partial charge in [-0.15, -0.1) is 0 Å². The molecule has 0 spiro atoms. The molecule has 1 aromatic carbocycles. The maximum Gasteiger partial charge on any atom is 0.0637 e. The number of nitrogens with one attached hydrogen (secondary N) is 1. The molecule has 4 heteroatoms. The molecular weight excluding hydrogens is 243 g/mol. The number of halogens is 2. The Bertz CT molecular complexity index is 340. The Balaban J connectivity index is 2.46. The summed E-state index contributed by atoms with van der Waals surface area (Å²) in [6, 6.07) is 6.20. The van der Waals surface area contributed by atoms with Gasteiger partial charge in [0.1, 0.15) is 0 Å². The Morgan fingerprint density at radius 1 is 1.31 bits per heavy atom. The largest absolute Gasteiger partial charge is 0.311 e. The van der Waals surface area contributed by atoms with E-state index >= 15 is 0 Å². The quantitative estimate of drug-likeness (QED) is 0.876. The third-order valence-corrected chi connectivity index (χ3v) is 3.53. The van der Waals surface area contributed by atoms with Gasteiger partial charge in [0.25, 0.3) is 0 Å². The first kappa shape index (κ1) is 13.8. The van der Waals surface area contributed by atoms with E-state index in [1.165, 1.54) is 0 Å². The molecule has 1 aromatic rings. The number of hydrogen-bond donors (Lipinski definition) is 1. The van der Waals surface area contributed by atoms with Gasteiger partial charge in [-0.05, 0) is 32.6 Å². The number of benzene rings is 1. The zero-order valence-electron chi connectivity index (χ0n) is 9.93. The second-order valence-electron chi connectivity index (χ2n) is 4.16. The fourth-order valence-electron chi connectivity index (χ4n) is 1.28. The van der Waals surface area contributed by atoms with E-state index in [1.807, 2.05) is 12.1 Å². The molecule has 0 saturated heterocycles. The summed E-state index contributed by atoms with van der Waals surface area (Å²) in [7, 11) is 4.14. The molecule has 0 fully saturated rings. The number of nitrogens with zero attached hydrogens (tertiary/aromatic N) is 1. The normalized spacial score (nSPS) is 13.1. The average Bonchev–Trinajstić information content (AvgIpc) is 2.24. The van der Waals surface area contributed by atoms with Gasteiger partial charge in [0.2, 0.25) is 0 Å². The molecule has 0 radical (unpaired) electrons. The summed E-state index contributed by atoms with van der Waals surface area (Å²) in [6.45, 7) is 3.85. The molecule has 1 N–H and O–H groups in total. The van der Waals surface area contributed by atoms with Gasteiger partial charge in [-0.2, -0.15) is 0 Å². The molecule has 2 nitrogen and oxygen atoms in total. The van der Waals surface area contributed by atoms with Crippen molar-refractivity contribution in [1.29, 1.82) is 0 Å². The van der Waals surface area contributed by atoms with E-state index in [-0.39, 0.29) is 0 Å². The van der Waals surface area contributed by atoms with Crippen LogP contribution in [0.5, 0.6) is 0 Å². The molecule has 0 aromatic heterocycles. The van der Waals surface area contributed by atoms with Crippen molar-refractivity contribution in [2.45, 2.75) is 19.5 Å². The van der Waals surface area contributed by atoms with Gasteiger partial charge < -0.3 is 10.2 Å². The highest BCUT2D eigenvalue weighted by atomic mass is 35.5. The SMILES string of the molecule is CC(CNCc1cccc(Cl)c1Cl)N(C)C. The van der Waals surface area contributed by atoms with Crippen molar-refractivity contribution < 1.29 is 0 Å². The number of rotatable bonds is 5. The van der Waals surface area contributed by atoms with E-state index in [1.54, 1.807) is 6.07 Å². The maximum atomic E-state index is 6.09. The van der Waals surface area contributed by atoms with Crippen molar-refractivity contribution in [2.24, 2.45) is 0 Å². The fraction of sp³-hybridized carbons (Fsp3) is 0.500. The van der Waals surface area contributed by atoms with E-state index in [0.29, 0.717) is 16.1 Å². The predicted molar refractivity (Wildman–Crippen MR) is 71.3 cm³/mol. The van der Waals surface area contributed by atoms with Gasteiger partial charge in [-0.3, -0.25) is 0 Å². The third-order valence-electron chi connectivity index (χ3n) is 2.67. The van der Waals surface area contributed by atoms with E-state index < -0.39 is 0 Å². The monoisotopic (exact) mass is 260 g/mol. The Kier molecular flexibility index (Phi) is 5.56. The van der Waals surface area contributed by atoms with Crippen LogP contribution in [0.3, 0.4) is 0 Å². The van der Waals surface area contributed by atoms with Crippen LogP contribution in [0.2, 0.25) is 10.0 Å². The predicted octanol–water partition coefficient (Wildman–Crippen LogP) is 3.03. The zero-order valence-corrected chi connectivity index (χ0v) is 11.4. The van der Waals surface area contributed by atoms with Crippen molar-refractivity contribution in [2.75, 3.05) is 20.6 Å². The van der Waals surface area contributed by atoms with Gasteiger partial charge in [-0.1, -0.05) is 35.3 Å². The smallest absolute Gasteiger partial charge is 0.0637 e. The zero-order chi connectivity index (χ0) is 12.1. The molecule has 0 aliphatic rings. The van der Waals surface area contributed by atoms with Crippen molar-refractivity contribution in [3.63, 3.8) is 0 Å². The fourth-order valence-corrected chi connectivity index (χ4v) is 1.67. The van der Waals surface area contributed by atoms with Gasteiger partial charge in [0, 0.05) is 19.1 Å². The number of likely N-dealkylation sites (N-methyl/N-ethyl adjacent to an activating group) is 1. The lowest BCUT2D eigenvalue weighted by molar-refractivity contribution is 0.302. The van der Waals surface area contributed by atoms with E-state index in [9.17, 15) is 0 Å². The van der Waals surface area contributed by atoms with E-state index in [4.69, 9.17) is 23.2 Å². The van der Waals surface area contributed by atoms with Crippen LogP contribution in [0, 0.1) is 0 Å². The Hall–Kier alpha value is -0.280. The third kappa shape index (κ3) is 3.95. The maximum absolute atomic E-state index is 6.09. The summed E-state index contributed by atoms with van der Waals surface area (Å²) in [6.07, 6.45) is 0. The van der Waals surface area contributed by atoms with Crippen LogP contribution in [0.1, 0.15) is 12.5 Å². The molecule has 0 aliphatic carbocycles. The summed E-state index contributed by atoms with van der Waals surface area (Å²) in [5.41, 5.74) is 1.04. The van der Waals surface area contributed by atoms with Crippen LogP contribution in [-0.2, 0) is 6.54 Å². The molecule has 1 atom stereocenters. The molecule has 1 rings (SSSR count). The highest BCUT2D eigenvalue weighted by molar-refractivity contribution is 6.42. The summed E-state index contributed by atoms with van der Waals surface area (Å²) in [4.78, 5) is 2.17. The topological polar surface area (TPSA) is 15.3 Å². The van der Waals surface area contributed by atoms with Crippen molar-refractivity contribution in [3.8, 4) is 0 Å². The second kappa shape index (κ2) is 6.45. The summed E-state index contributed by atoms with van der Waals surface area (Å²) < 4.78 is 0. The summed E-state index contributed by atoms with van der Waals surface area (Å²) in [5.74, 6) is 0. The van der Waals surface area contributed by atoms with Crippen LogP contribution in [0.15, 0.2) is 18.2 Å². The Labute approximate surface area is 108 Å². The lowest BCUT2D eigenvalue weighted by Gasteiger charge is -2.20. The second-order valence-corrected chi connectivity index (χ2v) is 4.94. The van der Waals surface area contributed by atoms with Gasteiger partial charge in [0.05, 0.1) is 10.0 Å². The van der Waals surface area contributed by atoms with Gasteiger partial charge in [0.15, 0.2) is 0 Å². The van der Waals surface area contributed by atoms with E-state index in [2.05, 4.69) is 31.2 Å². The van der Waals surface area contributed by atoms with Crippen LogP contribution in [0.25, 0.3) is 0 Å². The molecule has 0 aliphatic heterocycles. The van der Waals surface area contributed by atoms with Crippen LogP contribution in [0.4, 0.5) is 0 Å². The highest BCUT2D eigenvalue weighted by Crippen LogP contribution is 2.25. The molecule has 0 saturated carbocycles. The first-order chi connectivity index (χ1) is 7.52. The first-order valence-electron chi connectivity index (χ1n) is 5.32. The van der Waals surface area contributed by atoms with Gasteiger partial charge >= 0.3 is 0 Å². The molecule has 0 bridgehead atoms. The minimum atomic E-state index is 0.498. The molecule has 90 valence electrons. The van der Waals surface area contributed by atoms with Crippen LogP contribution >= 0.6 is 23.2 Å². The lowest BCUT2D eigenvalue weighted by atomic mass is 10.2. The minimum absolute atomic E-state index is 0.498. The minimum Gasteiger partial charge on any atom is -0.311 e. The standard InChI is InChI=1S/C12H18Cl2N2/c1-9(16(2)3)7-15-8-10-5-4-6-11(13)12(10)14/h4-6,9,15H,7-8H2,1-3H3. The molecule has 1 unspecified atom stereocenters. The summed E-state index contributed by atoms with van der Waals surface area (Å²) in [5, 5.41) is 4.63. The average molecular weight is 261 g/mol. The Morgan fingerprint density at radius 2 is 2.00 bits per heavy atom. The van der Waals surface area contributed by atoms with Crippen molar-refractivity contribution in [3.05, 3.63) is 33.8 Å². The van der Waals surface area contributed by atoms with Gasteiger partial charge in [-0.25, -0.2) is 0 Å². The van der Waals surface area contributed by atoms with Crippen molar-refractivity contribution >= 4 is 23.2 Å². The molecular formula is C12H18Cl2N2. The highest BCUT2D eigenvalue weighted by Gasteiger charge is 2.06. The molecule has 16 heavy (non-hydrogen) atoms.